The zero-order valence-electron chi connectivity index (χ0n) is 27.0. The van der Waals surface area contributed by atoms with Gasteiger partial charge in [-0.05, 0) is 74.0 Å². The Morgan fingerprint density at radius 2 is 0.738 bits per heavy atom. The molecule has 6 heteroatoms. The first-order chi connectivity index (χ1) is 19.6. The largest absolute Gasteiger partial charge is 0.402 e. The highest BCUT2D eigenvalue weighted by atomic mass is 35.5. The molecule has 0 aromatic carbocycles. The fourth-order valence-electron chi connectivity index (χ4n) is 5.42. The second-order valence-electron chi connectivity index (χ2n) is 11.9. The summed E-state index contributed by atoms with van der Waals surface area (Å²) in [5.41, 5.74) is 17.2. The number of rotatable bonds is 23. The summed E-state index contributed by atoms with van der Waals surface area (Å²) in [4.78, 5) is 4.62. The zero-order chi connectivity index (χ0) is 28.7. The van der Waals surface area contributed by atoms with Crippen molar-refractivity contribution in [2.45, 2.75) is 142 Å². The molecular weight excluding hydrogens is 559 g/mol. The molecule has 0 fully saturated rings. The number of halogens is 2. The van der Waals surface area contributed by atoms with E-state index in [2.05, 4.69) is 72.8 Å². The van der Waals surface area contributed by atoms with Crippen molar-refractivity contribution in [1.29, 1.82) is 0 Å². The first kappa shape index (κ1) is 40.2. The van der Waals surface area contributed by atoms with Crippen molar-refractivity contribution in [1.82, 2.24) is 9.80 Å². The van der Waals surface area contributed by atoms with Crippen molar-refractivity contribution in [3.63, 3.8) is 0 Å². The van der Waals surface area contributed by atoms with Crippen molar-refractivity contribution in [3.8, 4) is 0 Å². The molecule has 0 radical (unpaired) electrons. The molecule has 0 aromatic rings. The van der Waals surface area contributed by atoms with Crippen LogP contribution in [0.1, 0.15) is 142 Å². The van der Waals surface area contributed by atoms with Crippen molar-refractivity contribution >= 4 is 24.8 Å². The highest BCUT2D eigenvalue weighted by molar-refractivity contribution is 5.85. The summed E-state index contributed by atoms with van der Waals surface area (Å²) in [5.74, 6) is 0. The Labute approximate surface area is 272 Å². The average molecular weight is 624 g/mol. The molecule has 0 aromatic heterocycles. The Hall–Kier alpha value is -1.78. The highest BCUT2D eigenvalue weighted by Crippen LogP contribution is 2.19. The van der Waals surface area contributed by atoms with Crippen LogP contribution in [-0.2, 0) is 0 Å². The van der Waals surface area contributed by atoms with Crippen molar-refractivity contribution < 1.29 is 0 Å². The Kier molecular flexibility index (Phi) is 25.7. The molecule has 0 unspecified atom stereocenters. The standard InChI is InChI=1S/C36H62N4.2ClH/c1-3-5-7-13-17-21-35(37)33-23-29-39(30-24-33)27-19-15-11-9-10-12-16-20-28-40-31-25-34(26-32-40)36(38)22-18-14-8-6-4-2;;/h23-26,29-32H,3-22,27-28,37-38H2,1-2H3;2*1H. The van der Waals surface area contributed by atoms with Gasteiger partial charge in [-0.15, -0.1) is 24.8 Å². The van der Waals surface area contributed by atoms with Crippen LogP contribution in [0.3, 0.4) is 0 Å². The van der Waals surface area contributed by atoms with Crippen molar-refractivity contribution in [3.05, 3.63) is 71.6 Å². The van der Waals surface area contributed by atoms with Gasteiger partial charge in [0.1, 0.15) is 0 Å². The van der Waals surface area contributed by atoms with Crippen LogP contribution in [0, 0.1) is 0 Å². The van der Waals surface area contributed by atoms with Gasteiger partial charge in [-0.3, -0.25) is 0 Å². The van der Waals surface area contributed by atoms with Gasteiger partial charge in [0.05, 0.1) is 0 Å². The lowest BCUT2D eigenvalue weighted by Gasteiger charge is -2.20. The lowest BCUT2D eigenvalue weighted by Crippen LogP contribution is -2.14. The topological polar surface area (TPSA) is 58.5 Å². The third-order valence-corrected chi connectivity index (χ3v) is 8.21. The van der Waals surface area contributed by atoms with E-state index in [4.69, 9.17) is 11.5 Å². The minimum Gasteiger partial charge on any atom is -0.402 e. The van der Waals surface area contributed by atoms with Crippen LogP contribution in [0.25, 0.3) is 0 Å². The number of hydrogen-bond donors (Lipinski definition) is 2. The van der Waals surface area contributed by atoms with Crippen LogP contribution >= 0.6 is 24.8 Å². The molecule has 42 heavy (non-hydrogen) atoms. The molecule has 0 saturated carbocycles. The Morgan fingerprint density at radius 1 is 0.452 bits per heavy atom. The molecular formula is C36H64Cl2N4. The average Bonchev–Trinajstić information content (AvgIpc) is 2.98. The van der Waals surface area contributed by atoms with E-state index in [0.29, 0.717) is 0 Å². The first-order valence-corrected chi connectivity index (χ1v) is 16.9. The summed E-state index contributed by atoms with van der Waals surface area (Å²) in [6, 6.07) is 0. The van der Waals surface area contributed by atoms with Crippen molar-refractivity contribution in [2.24, 2.45) is 11.5 Å². The van der Waals surface area contributed by atoms with Crippen LogP contribution in [-0.4, -0.2) is 22.9 Å². The van der Waals surface area contributed by atoms with E-state index >= 15 is 0 Å². The van der Waals surface area contributed by atoms with E-state index in [9.17, 15) is 0 Å². The van der Waals surface area contributed by atoms with Gasteiger partial charge in [0.2, 0.25) is 0 Å². The lowest BCUT2D eigenvalue weighted by molar-refractivity contribution is 0.451. The smallest absolute Gasteiger partial charge is 0.0219 e. The van der Waals surface area contributed by atoms with E-state index in [1.165, 1.54) is 127 Å². The van der Waals surface area contributed by atoms with Gasteiger partial charge in [-0.1, -0.05) is 104 Å². The lowest BCUT2D eigenvalue weighted by atomic mass is 10.0. The van der Waals surface area contributed by atoms with Gasteiger partial charge in [-0.2, -0.15) is 0 Å². The van der Waals surface area contributed by atoms with Crippen LogP contribution in [0.15, 0.2) is 71.6 Å². The van der Waals surface area contributed by atoms with E-state index < -0.39 is 0 Å². The van der Waals surface area contributed by atoms with Crippen LogP contribution in [0.2, 0.25) is 0 Å². The second-order valence-corrected chi connectivity index (χ2v) is 11.9. The minimum absolute atomic E-state index is 0. The van der Waals surface area contributed by atoms with E-state index in [1.54, 1.807) is 0 Å². The third kappa shape index (κ3) is 18.7. The van der Waals surface area contributed by atoms with Gasteiger partial charge in [0, 0.05) is 49.3 Å². The van der Waals surface area contributed by atoms with Gasteiger partial charge >= 0.3 is 0 Å². The summed E-state index contributed by atoms with van der Waals surface area (Å²) < 4.78 is 0. The van der Waals surface area contributed by atoms with E-state index in [1.807, 2.05) is 0 Å². The van der Waals surface area contributed by atoms with Gasteiger partial charge in [0.25, 0.3) is 0 Å². The summed E-state index contributed by atoms with van der Waals surface area (Å²) >= 11 is 0. The molecule has 0 atom stereocenters. The molecule has 0 aliphatic carbocycles. The second kappa shape index (κ2) is 26.8. The normalized spacial score (nSPS) is 13.9. The first-order valence-electron chi connectivity index (χ1n) is 16.9. The number of nitrogens with zero attached hydrogens (tertiary/aromatic N) is 2. The van der Waals surface area contributed by atoms with E-state index in [0.717, 1.165) is 37.3 Å². The Bertz CT molecular complexity index is 754. The zero-order valence-corrected chi connectivity index (χ0v) is 28.7. The summed E-state index contributed by atoms with van der Waals surface area (Å²) in [6.45, 7) is 6.73. The van der Waals surface area contributed by atoms with Crippen LogP contribution in [0.4, 0.5) is 0 Å². The summed E-state index contributed by atoms with van der Waals surface area (Å²) in [6.07, 6.45) is 43.2. The molecule has 4 nitrogen and oxygen atoms in total. The molecule has 242 valence electrons. The van der Waals surface area contributed by atoms with Gasteiger partial charge in [0.15, 0.2) is 0 Å². The molecule has 2 rings (SSSR count). The molecule has 4 N–H and O–H groups in total. The summed E-state index contributed by atoms with van der Waals surface area (Å²) in [5, 5.41) is 0. The maximum Gasteiger partial charge on any atom is 0.0219 e. The predicted molar refractivity (Wildman–Crippen MR) is 191 cm³/mol. The molecule has 0 bridgehead atoms. The Morgan fingerprint density at radius 3 is 1.07 bits per heavy atom. The number of allylic oxidation sites excluding steroid dienone is 8. The summed E-state index contributed by atoms with van der Waals surface area (Å²) in [7, 11) is 0. The molecule has 2 heterocycles. The van der Waals surface area contributed by atoms with Gasteiger partial charge < -0.3 is 21.3 Å². The van der Waals surface area contributed by atoms with Crippen LogP contribution < -0.4 is 11.5 Å². The SMILES string of the molecule is CCCCCCCC(N)=C1C=CN(CCCCCCCCCCN2C=CC(=C(N)CCCCCCC)C=C2)C=C1.Cl.Cl. The molecule has 2 aliphatic heterocycles. The Balaban J connectivity index is 0.00000840. The number of nitrogens with two attached hydrogens (primary N) is 2. The van der Waals surface area contributed by atoms with Crippen LogP contribution in [0.5, 0.6) is 0 Å². The molecule has 2 aliphatic rings. The maximum atomic E-state index is 6.33. The van der Waals surface area contributed by atoms with E-state index in [-0.39, 0.29) is 24.8 Å². The minimum atomic E-state index is 0. The molecule has 0 spiro atoms. The number of hydrogen-bond acceptors (Lipinski definition) is 4. The number of unbranched alkanes of at least 4 members (excludes halogenated alkanes) is 15. The predicted octanol–water partition coefficient (Wildman–Crippen LogP) is 10.8. The quantitative estimate of drug-likeness (QED) is 0.111. The fraction of sp³-hybridized carbons (Fsp3) is 0.667. The monoisotopic (exact) mass is 622 g/mol. The maximum absolute atomic E-state index is 6.33. The molecule has 0 saturated heterocycles. The third-order valence-electron chi connectivity index (χ3n) is 8.21. The highest BCUT2D eigenvalue weighted by Gasteiger charge is 2.06. The van der Waals surface area contributed by atoms with Gasteiger partial charge in [-0.25, -0.2) is 0 Å². The fourth-order valence-corrected chi connectivity index (χ4v) is 5.42. The molecule has 0 amide bonds. The van der Waals surface area contributed by atoms with Crippen molar-refractivity contribution in [2.75, 3.05) is 13.1 Å².